The Labute approximate surface area is 201 Å². The van der Waals surface area contributed by atoms with Gasteiger partial charge in [-0.15, -0.1) is 24.0 Å². The van der Waals surface area contributed by atoms with Crippen molar-refractivity contribution in [2.75, 3.05) is 53.1 Å². The lowest BCUT2D eigenvalue weighted by Gasteiger charge is -2.21. The van der Waals surface area contributed by atoms with Gasteiger partial charge < -0.3 is 20.1 Å². The van der Waals surface area contributed by atoms with Gasteiger partial charge in [-0.25, -0.2) is 0 Å². The van der Waals surface area contributed by atoms with Crippen LogP contribution in [0.25, 0.3) is 0 Å². The Morgan fingerprint density at radius 3 is 2.42 bits per heavy atom. The average molecular weight is 546 g/mol. The summed E-state index contributed by atoms with van der Waals surface area (Å²) in [4.78, 5) is 31.1. The number of rotatable bonds is 9. The van der Waals surface area contributed by atoms with Crippen LogP contribution in [0.2, 0.25) is 0 Å². The van der Waals surface area contributed by atoms with Crippen molar-refractivity contribution in [1.29, 1.82) is 0 Å². The zero-order valence-electron chi connectivity index (χ0n) is 18.3. The predicted molar refractivity (Wildman–Crippen MR) is 128 cm³/mol. The highest BCUT2D eigenvalue weighted by atomic mass is 127. The van der Waals surface area contributed by atoms with Crippen LogP contribution in [0.1, 0.15) is 25.7 Å². The Bertz CT molecular complexity index is 665. The third kappa shape index (κ3) is 5.60. The highest BCUT2D eigenvalue weighted by molar-refractivity contribution is 14.0. The standard InChI is InChI=1S/C22H34N4O4.HI/c1-23-22(24-7-2-10-30-14-15-5-11-29-12-6-15)25-8-9-26-20(27)18-16-3-4-17(13-16)19(18)21(26)28;/h3-4,15-19H,2,5-14H2,1H3,(H2,23,24,25);1H. The van der Waals surface area contributed by atoms with Crippen molar-refractivity contribution in [1.82, 2.24) is 15.5 Å². The maximum Gasteiger partial charge on any atom is 0.233 e. The summed E-state index contributed by atoms with van der Waals surface area (Å²) >= 11 is 0. The van der Waals surface area contributed by atoms with E-state index in [9.17, 15) is 9.59 Å². The number of nitrogens with one attached hydrogen (secondary N) is 2. The molecule has 4 aliphatic rings. The molecule has 2 heterocycles. The number of hydrogen-bond acceptors (Lipinski definition) is 5. The largest absolute Gasteiger partial charge is 0.381 e. The van der Waals surface area contributed by atoms with Crippen molar-refractivity contribution in [3.63, 3.8) is 0 Å². The van der Waals surface area contributed by atoms with Crippen molar-refractivity contribution in [3.8, 4) is 0 Å². The first-order valence-corrected chi connectivity index (χ1v) is 11.3. The van der Waals surface area contributed by atoms with Crippen LogP contribution in [0, 0.1) is 29.6 Å². The van der Waals surface area contributed by atoms with Gasteiger partial charge in [0.1, 0.15) is 0 Å². The zero-order valence-corrected chi connectivity index (χ0v) is 20.6. The highest BCUT2D eigenvalue weighted by Gasteiger charge is 2.58. The second-order valence-electron chi connectivity index (χ2n) is 8.74. The number of carbonyl (C=O) groups is 2. The third-order valence-electron chi connectivity index (χ3n) is 6.87. The van der Waals surface area contributed by atoms with Crippen LogP contribution in [0.3, 0.4) is 0 Å². The quantitative estimate of drug-likeness (QED) is 0.114. The zero-order chi connectivity index (χ0) is 20.9. The number of nitrogens with zero attached hydrogens (tertiary/aromatic N) is 2. The van der Waals surface area contributed by atoms with Crippen LogP contribution in [-0.4, -0.2) is 75.8 Å². The van der Waals surface area contributed by atoms with Gasteiger partial charge in [0, 0.05) is 53.1 Å². The minimum Gasteiger partial charge on any atom is -0.381 e. The normalized spacial score (nSPS) is 30.0. The molecule has 174 valence electrons. The number of hydrogen-bond donors (Lipinski definition) is 2. The summed E-state index contributed by atoms with van der Waals surface area (Å²) in [5.74, 6) is 1.61. The van der Waals surface area contributed by atoms with Crippen LogP contribution in [0.5, 0.6) is 0 Å². The molecule has 9 heteroatoms. The highest BCUT2D eigenvalue weighted by Crippen LogP contribution is 2.52. The first-order chi connectivity index (χ1) is 14.7. The van der Waals surface area contributed by atoms with Gasteiger partial charge in [0.2, 0.25) is 11.8 Å². The van der Waals surface area contributed by atoms with Crippen molar-refractivity contribution >= 4 is 41.8 Å². The molecule has 0 radical (unpaired) electrons. The smallest absolute Gasteiger partial charge is 0.233 e. The summed E-state index contributed by atoms with van der Waals surface area (Å²) in [6, 6.07) is 0. The molecule has 4 unspecified atom stereocenters. The van der Waals surface area contributed by atoms with Gasteiger partial charge in [0.15, 0.2) is 5.96 Å². The molecule has 2 aliphatic heterocycles. The van der Waals surface area contributed by atoms with Crippen LogP contribution >= 0.6 is 24.0 Å². The summed E-state index contributed by atoms with van der Waals surface area (Å²) in [5.41, 5.74) is 0. The van der Waals surface area contributed by atoms with E-state index < -0.39 is 0 Å². The molecule has 2 amide bonds. The fourth-order valence-electron chi connectivity index (χ4n) is 5.24. The van der Waals surface area contributed by atoms with Crippen molar-refractivity contribution < 1.29 is 19.1 Å². The number of carbonyl (C=O) groups excluding carboxylic acids is 2. The molecule has 2 N–H and O–H groups in total. The monoisotopic (exact) mass is 546 g/mol. The van der Waals surface area contributed by atoms with E-state index in [0.29, 0.717) is 25.0 Å². The molecule has 8 nitrogen and oxygen atoms in total. The van der Waals surface area contributed by atoms with E-state index in [1.807, 2.05) is 0 Å². The van der Waals surface area contributed by atoms with Crippen LogP contribution < -0.4 is 10.6 Å². The summed E-state index contributed by atoms with van der Waals surface area (Å²) in [7, 11) is 1.72. The van der Waals surface area contributed by atoms with E-state index >= 15 is 0 Å². The van der Waals surface area contributed by atoms with Crippen molar-refractivity contribution in [2.45, 2.75) is 25.7 Å². The van der Waals surface area contributed by atoms with Crippen molar-refractivity contribution in [3.05, 3.63) is 12.2 Å². The number of imide groups is 1. The summed E-state index contributed by atoms with van der Waals surface area (Å²) < 4.78 is 11.1. The number of allylic oxidation sites excluding steroid dienone is 2. The minimum atomic E-state index is -0.119. The minimum absolute atomic E-state index is 0. The van der Waals surface area contributed by atoms with E-state index in [0.717, 1.165) is 58.7 Å². The first-order valence-electron chi connectivity index (χ1n) is 11.3. The van der Waals surface area contributed by atoms with Crippen LogP contribution in [0.4, 0.5) is 0 Å². The van der Waals surface area contributed by atoms with Gasteiger partial charge in [-0.1, -0.05) is 12.2 Å². The van der Waals surface area contributed by atoms with Gasteiger partial charge in [-0.3, -0.25) is 19.5 Å². The van der Waals surface area contributed by atoms with E-state index in [2.05, 4.69) is 27.8 Å². The molecule has 2 bridgehead atoms. The molecule has 0 spiro atoms. The molecule has 31 heavy (non-hydrogen) atoms. The molecule has 2 aliphatic carbocycles. The maximum absolute atomic E-state index is 12.7. The second-order valence-corrected chi connectivity index (χ2v) is 8.74. The fraction of sp³-hybridized carbons (Fsp3) is 0.773. The van der Waals surface area contributed by atoms with E-state index in [1.165, 1.54) is 4.90 Å². The molecule has 2 saturated heterocycles. The van der Waals surface area contributed by atoms with Gasteiger partial charge in [-0.05, 0) is 43.4 Å². The van der Waals surface area contributed by atoms with Gasteiger partial charge in [-0.2, -0.15) is 0 Å². The number of amides is 2. The number of ether oxygens (including phenoxy) is 2. The predicted octanol–water partition coefficient (Wildman–Crippen LogP) is 1.41. The molecule has 4 atom stereocenters. The summed E-state index contributed by atoms with van der Waals surface area (Å²) in [6.45, 7) is 4.88. The first kappa shape index (κ1) is 24.4. The number of guanidine groups is 1. The Kier molecular flexibility index (Phi) is 9.15. The summed E-state index contributed by atoms with van der Waals surface area (Å²) in [5, 5.41) is 6.47. The number of likely N-dealkylation sites (tertiary alicyclic amines) is 1. The van der Waals surface area contributed by atoms with E-state index in [-0.39, 0.29) is 59.5 Å². The molecular formula is C22H35IN4O4. The molecular weight excluding hydrogens is 511 g/mol. The van der Waals surface area contributed by atoms with E-state index in [4.69, 9.17) is 9.47 Å². The third-order valence-corrected chi connectivity index (χ3v) is 6.87. The molecule has 3 fully saturated rings. The Hall–Kier alpha value is -1.20. The lowest BCUT2D eigenvalue weighted by molar-refractivity contribution is -0.140. The van der Waals surface area contributed by atoms with E-state index in [1.54, 1.807) is 7.05 Å². The lowest BCUT2D eigenvalue weighted by atomic mass is 9.85. The maximum atomic E-state index is 12.7. The lowest BCUT2D eigenvalue weighted by Crippen LogP contribution is -2.44. The molecule has 4 rings (SSSR count). The summed E-state index contributed by atoms with van der Waals surface area (Å²) in [6.07, 6.45) is 8.29. The SMILES string of the molecule is CN=C(NCCCOCC1CCOCC1)NCCN1C(=O)C2C3C=CC(C3)C2C1=O.I. The van der Waals surface area contributed by atoms with Crippen LogP contribution in [-0.2, 0) is 19.1 Å². The van der Waals surface area contributed by atoms with Gasteiger partial charge in [0.25, 0.3) is 0 Å². The van der Waals surface area contributed by atoms with Crippen LogP contribution in [0.15, 0.2) is 17.1 Å². The Morgan fingerprint density at radius 1 is 1.13 bits per heavy atom. The van der Waals surface area contributed by atoms with Gasteiger partial charge in [0.05, 0.1) is 11.8 Å². The topological polar surface area (TPSA) is 92.3 Å². The number of halogens is 1. The fourth-order valence-corrected chi connectivity index (χ4v) is 5.24. The molecule has 0 aromatic heterocycles. The number of aliphatic imine (C=N–C) groups is 1. The molecule has 0 aromatic rings. The van der Waals surface area contributed by atoms with Gasteiger partial charge >= 0.3 is 0 Å². The van der Waals surface area contributed by atoms with Crippen molar-refractivity contribution in [2.24, 2.45) is 34.6 Å². The molecule has 1 saturated carbocycles. The molecule has 0 aromatic carbocycles. The average Bonchev–Trinajstić information content (AvgIpc) is 3.45. The second kappa shape index (κ2) is 11.6. The Balaban J connectivity index is 0.00000272. The number of fused-ring (bicyclic) bond motifs is 5. The Morgan fingerprint density at radius 2 is 1.77 bits per heavy atom.